The van der Waals surface area contributed by atoms with Crippen molar-refractivity contribution in [2.45, 2.75) is 13.5 Å². The number of para-hydroxylation sites is 1. The van der Waals surface area contributed by atoms with Gasteiger partial charge in [-0.05, 0) is 75.1 Å². The van der Waals surface area contributed by atoms with Crippen LogP contribution in [0.25, 0.3) is 32.9 Å². The van der Waals surface area contributed by atoms with E-state index < -0.39 is 0 Å². The maximum absolute atomic E-state index is 13.3. The summed E-state index contributed by atoms with van der Waals surface area (Å²) < 4.78 is 12.8. The Kier molecular flexibility index (Phi) is 8.42. The molecule has 5 aromatic carbocycles. The molecule has 43 heavy (non-hydrogen) atoms. The highest BCUT2D eigenvalue weighted by Crippen LogP contribution is 2.37. The van der Waals surface area contributed by atoms with E-state index in [0.29, 0.717) is 30.3 Å². The predicted molar refractivity (Wildman–Crippen MR) is 176 cm³/mol. The number of fused-ring (bicyclic) bond motifs is 2. The third kappa shape index (κ3) is 6.42. The van der Waals surface area contributed by atoms with E-state index in [1.807, 2.05) is 85.8 Å². The molecule has 0 aliphatic rings. The number of hydrazone groups is 1. The third-order valence-corrected chi connectivity index (χ3v) is 7.53. The molecule has 0 saturated heterocycles. The van der Waals surface area contributed by atoms with Crippen molar-refractivity contribution < 1.29 is 14.3 Å². The Morgan fingerprint density at radius 2 is 1.63 bits per heavy atom. The van der Waals surface area contributed by atoms with Crippen LogP contribution in [-0.2, 0) is 6.61 Å². The van der Waals surface area contributed by atoms with E-state index in [-0.39, 0.29) is 5.91 Å². The molecule has 7 heteroatoms. The van der Waals surface area contributed by atoms with Crippen molar-refractivity contribution in [1.29, 1.82) is 0 Å². The second kappa shape index (κ2) is 12.9. The first-order chi connectivity index (χ1) is 21.1. The molecule has 0 aliphatic heterocycles. The van der Waals surface area contributed by atoms with Crippen LogP contribution in [0.3, 0.4) is 0 Å². The molecule has 0 aliphatic carbocycles. The van der Waals surface area contributed by atoms with Crippen LogP contribution in [0, 0.1) is 0 Å². The highest BCUT2D eigenvalue weighted by atomic mass is 79.9. The Balaban J connectivity index is 1.21. The van der Waals surface area contributed by atoms with Gasteiger partial charge in [-0.1, -0.05) is 84.9 Å². The number of halogens is 1. The van der Waals surface area contributed by atoms with Crippen LogP contribution in [0.2, 0.25) is 0 Å². The number of aromatic nitrogens is 1. The van der Waals surface area contributed by atoms with Crippen molar-refractivity contribution in [3.05, 3.63) is 136 Å². The van der Waals surface area contributed by atoms with Gasteiger partial charge in [0.1, 0.15) is 6.61 Å². The fourth-order valence-corrected chi connectivity index (χ4v) is 5.47. The minimum absolute atomic E-state index is 0.327. The number of nitrogens with one attached hydrogen (secondary N) is 1. The summed E-state index contributed by atoms with van der Waals surface area (Å²) in [7, 11) is 0. The smallest absolute Gasteiger partial charge is 0.272 e. The first kappa shape index (κ1) is 28.1. The lowest BCUT2D eigenvalue weighted by Gasteiger charge is -2.15. The van der Waals surface area contributed by atoms with Crippen LogP contribution in [0.5, 0.6) is 11.5 Å². The fourth-order valence-electron chi connectivity index (χ4n) is 4.90. The maximum Gasteiger partial charge on any atom is 0.272 e. The summed E-state index contributed by atoms with van der Waals surface area (Å²) in [4.78, 5) is 18.1. The number of pyridine rings is 1. The van der Waals surface area contributed by atoms with Gasteiger partial charge in [0.25, 0.3) is 5.91 Å². The number of benzene rings is 5. The zero-order valence-corrected chi connectivity index (χ0v) is 25.0. The van der Waals surface area contributed by atoms with Crippen molar-refractivity contribution in [1.82, 2.24) is 10.4 Å². The summed E-state index contributed by atoms with van der Waals surface area (Å²) in [6, 6.07) is 37.4. The van der Waals surface area contributed by atoms with Crippen molar-refractivity contribution in [2.75, 3.05) is 6.61 Å². The van der Waals surface area contributed by atoms with Crippen LogP contribution in [0.15, 0.2) is 125 Å². The van der Waals surface area contributed by atoms with E-state index in [2.05, 4.69) is 56.8 Å². The Bertz CT molecular complexity index is 1960. The van der Waals surface area contributed by atoms with E-state index in [4.69, 9.17) is 14.5 Å². The first-order valence-corrected chi connectivity index (χ1v) is 14.7. The van der Waals surface area contributed by atoms with E-state index in [9.17, 15) is 4.79 Å². The van der Waals surface area contributed by atoms with Crippen LogP contribution in [0.1, 0.15) is 28.4 Å². The summed E-state index contributed by atoms with van der Waals surface area (Å²) in [5, 5.41) is 7.36. The van der Waals surface area contributed by atoms with Gasteiger partial charge in [0.05, 0.1) is 34.1 Å². The number of carbonyl (C=O) groups is 1. The minimum Gasteiger partial charge on any atom is -0.490 e. The molecule has 212 valence electrons. The average molecular weight is 631 g/mol. The highest BCUT2D eigenvalue weighted by molar-refractivity contribution is 9.10. The molecule has 6 nitrogen and oxygen atoms in total. The molecule has 1 amide bonds. The van der Waals surface area contributed by atoms with Crippen LogP contribution < -0.4 is 14.9 Å². The molecule has 0 saturated carbocycles. The summed E-state index contributed by atoms with van der Waals surface area (Å²) in [6.07, 6.45) is 1.58. The molecule has 0 spiro atoms. The molecule has 6 aromatic rings. The van der Waals surface area contributed by atoms with Crippen molar-refractivity contribution in [3.63, 3.8) is 0 Å². The number of amides is 1. The lowest BCUT2D eigenvalue weighted by molar-refractivity contribution is 0.0956. The van der Waals surface area contributed by atoms with Gasteiger partial charge in [0, 0.05) is 10.9 Å². The molecule has 6 rings (SSSR count). The minimum atomic E-state index is -0.327. The lowest BCUT2D eigenvalue weighted by Crippen LogP contribution is -2.18. The molecule has 0 fully saturated rings. The number of ether oxygens (including phenoxy) is 2. The second-order valence-corrected chi connectivity index (χ2v) is 10.7. The maximum atomic E-state index is 13.3. The molecular weight excluding hydrogens is 602 g/mol. The predicted octanol–water partition coefficient (Wildman–Crippen LogP) is 8.56. The SMILES string of the molecule is CCOc1cc(/C=N/NC(=O)c2cc(-c3ccccc3)nc3ccccc23)cc(Br)c1OCc1ccc2ccccc2c1. The number of hydrogen-bond donors (Lipinski definition) is 1. The third-order valence-electron chi connectivity index (χ3n) is 6.94. The van der Waals surface area contributed by atoms with Gasteiger partial charge < -0.3 is 9.47 Å². The topological polar surface area (TPSA) is 72.8 Å². The fraction of sp³-hybridized carbons (Fsp3) is 0.0833. The van der Waals surface area contributed by atoms with Gasteiger partial charge in [-0.2, -0.15) is 5.10 Å². The Hall–Kier alpha value is -5.01. The molecule has 1 N–H and O–H groups in total. The van der Waals surface area contributed by atoms with Gasteiger partial charge in [0.2, 0.25) is 0 Å². The van der Waals surface area contributed by atoms with E-state index in [1.54, 1.807) is 12.3 Å². The Morgan fingerprint density at radius 3 is 2.47 bits per heavy atom. The standard InChI is InChI=1S/C36H28BrN3O3/c1-2-42-34-20-25(19-31(37)35(34)43-23-24-16-17-26-10-6-7-13-28(26)18-24)22-38-40-36(41)30-21-33(27-11-4-3-5-12-27)39-32-15-9-8-14-29(30)32/h3-22H,2,23H2,1H3,(H,40,41)/b38-22+. The summed E-state index contributed by atoms with van der Waals surface area (Å²) in [5.41, 5.74) is 7.36. The summed E-state index contributed by atoms with van der Waals surface area (Å²) in [6.45, 7) is 2.78. The lowest BCUT2D eigenvalue weighted by atomic mass is 10.0. The Morgan fingerprint density at radius 1 is 0.860 bits per heavy atom. The van der Waals surface area contributed by atoms with Crippen molar-refractivity contribution in [3.8, 4) is 22.8 Å². The Labute approximate surface area is 258 Å². The summed E-state index contributed by atoms with van der Waals surface area (Å²) >= 11 is 3.64. The zero-order chi connectivity index (χ0) is 29.6. The van der Waals surface area contributed by atoms with Crippen molar-refractivity contribution in [2.24, 2.45) is 5.10 Å². The second-order valence-electron chi connectivity index (χ2n) is 9.87. The van der Waals surface area contributed by atoms with E-state index >= 15 is 0 Å². The molecule has 0 bridgehead atoms. The number of nitrogens with zero attached hydrogens (tertiary/aromatic N) is 2. The van der Waals surface area contributed by atoms with Crippen molar-refractivity contribution >= 4 is 49.7 Å². The van der Waals surface area contributed by atoms with Crippen LogP contribution >= 0.6 is 15.9 Å². The van der Waals surface area contributed by atoms with E-state index in [0.717, 1.165) is 43.1 Å². The van der Waals surface area contributed by atoms with E-state index in [1.165, 1.54) is 5.39 Å². The molecule has 1 aromatic heterocycles. The molecule has 0 unspecified atom stereocenters. The number of hydrogen-bond acceptors (Lipinski definition) is 5. The molecule has 0 atom stereocenters. The monoisotopic (exact) mass is 629 g/mol. The van der Waals surface area contributed by atoms with Crippen LogP contribution in [0.4, 0.5) is 0 Å². The summed E-state index contributed by atoms with van der Waals surface area (Å²) in [5.74, 6) is 0.859. The molecule has 0 radical (unpaired) electrons. The quantitative estimate of drug-likeness (QED) is 0.128. The van der Waals surface area contributed by atoms with Gasteiger partial charge in [0.15, 0.2) is 11.5 Å². The van der Waals surface area contributed by atoms with Gasteiger partial charge in [-0.15, -0.1) is 0 Å². The number of carbonyl (C=O) groups excluding carboxylic acids is 1. The molecule has 1 heterocycles. The van der Waals surface area contributed by atoms with Gasteiger partial charge >= 0.3 is 0 Å². The normalized spacial score (nSPS) is 11.2. The van der Waals surface area contributed by atoms with Crippen LogP contribution in [-0.4, -0.2) is 23.7 Å². The zero-order valence-electron chi connectivity index (χ0n) is 23.5. The van der Waals surface area contributed by atoms with Gasteiger partial charge in [-0.25, -0.2) is 10.4 Å². The van der Waals surface area contributed by atoms with Gasteiger partial charge in [-0.3, -0.25) is 4.79 Å². The molecular formula is C36H28BrN3O3. The highest BCUT2D eigenvalue weighted by Gasteiger charge is 2.15. The first-order valence-electron chi connectivity index (χ1n) is 13.9. The number of rotatable bonds is 9. The largest absolute Gasteiger partial charge is 0.490 e. The average Bonchev–Trinajstić information content (AvgIpc) is 3.04.